The Hall–Kier alpha value is -0.580. The number of para-hydroxylation sites is 1. The fourth-order valence-corrected chi connectivity index (χ4v) is 3.21. The van der Waals surface area contributed by atoms with Crippen molar-refractivity contribution in [2.45, 2.75) is 38.9 Å². The second kappa shape index (κ2) is 8.01. The van der Waals surface area contributed by atoms with Gasteiger partial charge in [0, 0.05) is 0 Å². The number of unbranched alkanes of at least 4 members (excludes halogenated alkanes) is 1. The molecule has 2 rings (SSSR count). The molecule has 0 amide bonds. The number of hydrogen-bond donors (Lipinski definition) is 1. The topological polar surface area (TPSA) is 22.9 Å². The Bertz CT molecular complexity index is 403. The molecule has 4 heteroatoms. The Labute approximate surface area is 130 Å². The van der Waals surface area contributed by atoms with Crippen LogP contribution < -0.4 is 9.64 Å². The number of benzene rings is 1. The van der Waals surface area contributed by atoms with Crippen molar-refractivity contribution < 1.29 is 14.4 Å². The van der Waals surface area contributed by atoms with E-state index in [-0.39, 0.29) is 0 Å². The SMILES string of the molecule is C[C@@H]1C[NH+](CCCCOc2ccccc2Br)C[C@H](C)O1. The molecule has 1 N–H and O–H groups in total. The molecule has 1 aromatic rings. The standard InChI is InChI=1S/C16H24BrNO2/c1-13-11-18(12-14(2)20-13)9-5-6-10-19-16-8-4-3-7-15(16)17/h3-4,7-8,13-14H,5-6,9-12H2,1-2H3/p+1/t13-,14+. The second-order valence-corrected chi connectivity index (χ2v) is 6.51. The van der Waals surface area contributed by atoms with Crippen molar-refractivity contribution in [2.24, 2.45) is 0 Å². The van der Waals surface area contributed by atoms with Gasteiger partial charge in [-0.05, 0) is 54.8 Å². The first-order chi connectivity index (χ1) is 9.65. The first-order valence-electron chi connectivity index (χ1n) is 7.51. The average Bonchev–Trinajstić information content (AvgIpc) is 2.39. The molecule has 0 spiro atoms. The van der Waals surface area contributed by atoms with Crippen LogP contribution in [-0.4, -0.2) is 38.4 Å². The van der Waals surface area contributed by atoms with Crippen LogP contribution in [0.1, 0.15) is 26.7 Å². The molecule has 1 fully saturated rings. The summed E-state index contributed by atoms with van der Waals surface area (Å²) in [5, 5.41) is 0. The zero-order valence-electron chi connectivity index (χ0n) is 12.4. The van der Waals surface area contributed by atoms with E-state index in [1.165, 1.54) is 13.0 Å². The smallest absolute Gasteiger partial charge is 0.133 e. The Morgan fingerprint density at radius 3 is 2.60 bits per heavy atom. The highest BCUT2D eigenvalue weighted by molar-refractivity contribution is 9.10. The maximum atomic E-state index is 5.79. The van der Waals surface area contributed by atoms with Gasteiger partial charge in [0.1, 0.15) is 31.0 Å². The zero-order valence-corrected chi connectivity index (χ0v) is 14.0. The molecule has 112 valence electrons. The summed E-state index contributed by atoms with van der Waals surface area (Å²) >= 11 is 3.50. The molecule has 1 aromatic carbocycles. The van der Waals surface area contributed by atoms with Crippen LogP contribution >= 0.6 is 15.9 Å². The summed E-state index contributed by atoms with van der Waals surface area (Å²) in [5.41, 5.74) is 0. The normalized spacial score (nSPS) is 26.4. The van der Waals surface area contributed by atoms with Gasteiger partial charge in [0.15, 0.2) is 0 Å². The monoisotopic (exact) mass is 342 g/mol. The van der Waals surface area contributed by atoms with E-state index in [1.807, 2.05) is 24.3 Å². The molecular weight excluding hydrogens is 318 g/mol. The minimum absolute atomic E-state index is 0.394. The van der Waals surface area contributed by atoms with Gasteiger partial charge >= 0.3 is 0 Å². The van der Waals surface area contributed by atoms with Gasteiger partial charge in [0.2, 0.25) is 0 Å². The lowest BCUT2D eigenvalue weighted by Crippen LogP contribution is -3.15. The molecule has 3 atom stereocenters. The summed E-state index contributed by atoms with van der Waals surface area (Å²) < 4.78 is 12.6. The van der Waals surface area contributed by atoms with Crippen molar-refractivity contribution in [1.82, 2.24) is 0 Å². The molecule has 0 radical (unpaired) electrons. The molecule has 1 saturated heterocycles. The van der Waals surface area contributed by atoms with Crippen molar-refractivity contribution in [3.05, 3.63) is 28.7 Å². The van der Waals surface area contributed by atoms with Crippen LogP contribution in [0.5, 0.6) is 5.75 Å². The van der Waals surface area contributed by atoms with Crippen molar-refractivity contribution in [3.63, 3.8) is 0 Å². The van der Waals surface area contributed by atoms with Crippen molar-refractivity contribution in [1.29, 1.82) is 0 Å². The lowest BCUT2D eigenvalue weighted by molar-refractivity contribution is -0.915. The average molecular weight is 343 g/mol. The third kappa shape index (κ3) is 5.08. The molecule has 0 saturated carbocycles. The van der Waals surface area contributed by atoms with E-state index in [0.717, 1.165) is 36.3 Å². The van der Waals surface area contributed by atoms with E-state index in [0.29, 0.717) is 12.2 Å². The molecule has 1 aliphatic heterocycles. The van der Waals surface area contributed by atoms with Crippen molar-refractivity contribution in [2.75, 3.05) is 26.2 Å². The van der Waals surface area contributed by atoms with Crippen molar-refractivity contribution >= 4 is 15.9 Å². The number of nitrogens with one attached hydrogen (secondary N) is 1. The fourth-order valence-electron chi connectivity index (χ4n) is 2.81. The molecule has 1 unspecified atom stereocenters. The predicted octanol–water partition coefficient (Wildman–Crippen LogP) is 2.30. The third-order valence-electron chi connectivity index (χ3n) is 3.64. The largest absolute Gasteiger partial charge is 0.492 e. The third-order valence-corrected chi connectivity index (χ3v) is 4.29. The van der Waals surface area contributed by atoms with Gasteiger partial charge in [-0.25, -0.2) is 0 Å². The second-order valence-electron chi connectivity index (χ2n) is 5.65. The number of ether oxygens (including phenoxy) is 2. The molecule has 1 aliphatic rings. The van der Waals surface area contributed by atoms with Crippen LogP contribution in [0.2, 0.25) is 0 Å². The van der Waals surface area contributed by atoms with E-state index in [4.69, 9.17) is 9.47 Å². The molecule has 1 heterocycles. The van der Waals surface area contributed by atoms with Crippen LogP contribution in [0.4, 0.5) is 0 Å². The van der Waals surface area contributed by atoms with Gasteiger partial charge in [-0.3, -0.25) is 0 Å². The Kier molecular flexibility index (Phi) is 6.33. The first kappa shape index (κ1) is 15.8. The molecular formula is C16H25BrNO2+. The van der Waals surface area contributed by atoms with Crippen LogP contribution in [0.15, 0.2) is 28.7 Å². The molecule has 0 aromatic heterocycles. The van der Waals surface area contributed by atoms with Gasteiger partial charge in [-0.15, -0.1) is 0 Å². The number of morpholine rings is 1. The maximum absolute atomic E-state index is 5.79. The summed E-state index contributed by atoms with van der Waals surface area (Å²) in [6.07, 6.45) is 3.10. The summed E-state index contributed by atoms with van der Waals surface area (Å²) in [6.45, 7) is 8.62. The molecule has 20 heavy (non-hydrogen) atoms. The summed E-state index contributed by atoms with van der Waals surface area (Å²) in [6, 6.07) is 8.01. The van der Waals surface area contributed by atoms with Gasteiger partial charge in [-0.1, -0.05) is 12.1 Å². The quantitative estimate of drug-likeness (QED) is 0.801. The Balaban J connectivity index is 1.61. The summed E-state index contributed by atoms with van der Waals surface area (Å²) in [4.78, 5) is 1.66. The Morgan fingerprint density at radius 1 is 1.20 bits per heavy atom. The lowest BCUT2D eigenvalue weighted by Gasteiger charge is -2.32. The van der Waals surface area contributed by atoms with Crippen molar-refractivity contribution in [3.8, 4) is 5.75 Å². The predicted molar refractivity (Wildman–Crippen MR) is 84.4 cm³/mol. The van der Waals surface area contributed by atoms with E-state index < -0.39 is 0 Å². The van der Waals surface area contributed by atoms with E-state index in [2.05, 4.69) is 29.8 Å². The molecule has 0 bridgehead atoms. The van der Waals surface area contributed by atoms with E-state index >= 15 is 0 Å². The maximum Gasteiger partial charge on any atom is 0.133 e. The van der Waals surface area contributed by atoms with E-state index in [1.54, 1.807) is 4.90 Å². The molecule has 0 aliphatic carbocycles. The minimum Gasteiger partial charge on any atom is -0.492 e. The van der Waals surface area contributed by atoms with Gasteiger partial charge in [0.25, 0.3) is 0 Å². The molecule has 3 nitrogen and oxygen atoms in total. The highest BCUT2D eigenvalue weighted by atomic mass is 79.9. The van der Waals surface area contributed by atoms with Crippen LogP contribution in [-0.2, 0) is 4.74 Å². The number of quaternary nitrogens is 1. The lowest BCUT2D eigenvalue weighted by atomic mass is 10.2. The number of halogens is 1. The summed E-state index contributed by atoms with van der Waals surface area (Å²) in [7, 11) is 0. The van der Waals surface area contributed by atoms with Gasteiger partial charge < -0.3 is 14.4 Å². The Morgan fingerprint density at radius 2 is 1.90 bits per heavy atom. The fraction of sp³-hybridized carbons (Fsp3) is 0.625. The first-order valence-corrected chi connectivity index (χ1v) is 8.31. The van der Waals surface area contributed by atoms with Crippen LogP contribution in [0.3, 0.4) is 0 Å². The van der Waals surface area contributed by atoms with Crippen LogP contribution in [0.25, 0.3) is 0 Å². The highest BCUT2D eigenvalue weighted by Gasteiger charge is 2.24. The number of rotatable bonds is 6. The van der Waals surface area contributed by atoms with Crippen LogP contribution in [0, 0.1) is 0 Å². The highest BCUT2D eigenvalue weighted by Crippen LogP contribution is 2.23. The van der Waals surface area contributed by atoms with E-state index in [9.17, 15) is 0 Å². The zero-order chi connectivity index (χ0) is 14.4. The van der Waals surface area contributed by atoms with Gasteiger partial charge in [-0.2, -0.15) is 0 Å². The van der Waals surface area contributed by atoms with Gasteiger partial charge in [0.05, 0.1) is 17.6 Å². The summed E-state index contributed by atoms with van der Waals surface area (Å²) in [5.74, 6) is 0.938. The minimum atomic E-state index is 0.394. The number of hydrogen-bond acceptors (Lipinski definition) is 2.